The van der Waals surface area contributed by atoms with Crippen molar-refractivity contribution >= 4 is 5.97 Å². The topological polar surface area (TPSA) is 54.0 Å². The van der Waals surface area contributed by atoms with Crippen LogP contribution in [0.15, 0.2) is 60.7 Å². The molecule has 5 heteroatoms. The molecule has 1 fully saturated rings. The predicted octanol–water partition coefficient (Wildman–Crippen LogP) is 4.81. The van der Waals surface area contributed by atoms with Crippen LogP contribution in [0.3, 0.4) is 0 Å². The summed E-state index contributed by atoms with van der Waals surface area (Å²) >= 11 is 0. The number of carbonyl (C=O) groups is 1. The van der Waals surface area contributed by atoms with E-state index in [9.17, 15) is 4.79 Å². The van der Waals surface area contributed by atoms with E-state index in [1.807, 2.05) is 81.4 Å². The van der Waals surface area contributed by atoms with E-state index in [0.717, 1.165) is 11.1 Å². The van der Waals surface area contributed by atoms with Crippen molar-refractivity contribution in [3.05, 3.63) is 71.8 Å². The molecule has 2 aromatic rings. The van der Waals surface area contributed by atoms with Crippen LogP contribution in [0.4, 0.5) is 0 Å². The largest absolute Gasteiger partial charge is 0.457 e. The molecule has 1 aliphatic heterocycles. The third-order valence-corrected chi connectivity index (χ3v) is 4.54. The smallest absolute Gasteiger partial charge is 0.355 e. The highest BCUT2D eigenvalue weighted by atomic mass is 16.8. The van der Waals surface area contributed by atoms with Gasteiger partial charge in [-0.05, 0) is 45.7 Å². The Balaban J connectivity index is 1.88. The highest BCUT2D eigenvalue weighted by Gasteiger charge is 2.60. The quantitative estimate of drug-likeness (QED) is 0.393. The molecule has 0 aromatic heterocycles. The normalized spacial score (nSPS) is 22.4. The van der Waals surface area contributed by atoms with Crippen LogP contribution in [0.25, 0.3) is 0 Å². The molecule has 0 N–H and O–H groups in total. The van der Waals surface area contributed by atoms with E-state index in [-0.39, 0.29) is 6.61 Å². The highest BCUT2D eigenvalue weighted by Crippen LogP contribution is 2.46. The predicted molar refractivity (Wildman–Crippen MR) is 118 cm³/mol. The average molecular weight is 423 g/mol. The van der Waals surface area contributed by atoms with Crippen molar-refractivity contribution in [3.63, 3.8) is 0 Å². The van der Waals surface area contributed by atoms with Crippen LogP contribution in [0.5, 0.6) is 0 Å². The van der Waals surface area contributed by atoms with E-state index in [1.54, 1.807) is 13.8 Å². The summed E-state index contributed by atoms with van der Waals surface area (Å²) in [6.45, 7) is 9.55. The monoisotopic (exact) mass is 422 g/mol. The van der Waals surface area contributed by atoms with Gasteiger partial charge >= 0.3 is 5.97 Å². The number of rotatable bonds is 5. The molecule has 164 valence electrons. The van der Waals surface area contributed by atoms with Crippen molar-refractivity contribution in [1.82, 2.24) is 0 Å². The lowest BCUT2D eigenvalue weighted by Gasteiger charge is -2.30. The van der Waals surface area contributed by atoms with Gasteiger partial charge in [-0.15, -0.1) is 0 Å². The van der Waals surface area contributed by atoms with Crippen LogP contribution < -0.4 is 0 Å². The Morgan fingerprint density at radius 1 is 1.03 bits per heavy atom. The van der Waals surface area contributed by atoms with Gasteiger partial charge in [-0.1, -0.05) is 72.5 Å². The lowest BCUT2D eigenvalue weighted by molar-refractivity contribution is -0.188. The molecule has 0 bridgehead atoms. The van der Waals surface area contributed by atoms with Gasteiger partial charge in [0.25, 0.3) is 5.60 Å². The van der Waals surface area contributed by atoms with Crippen LogP contribution >= 0.6 is 0 Å². The van der Waals surface area contributed by atoms with Crippen molar-refractivity contribution in [2.75, 3.05) is 6.61 Å². The van der Waals surface area contributed by atoms with Gasteiger partial charge in [-0.25, -0.2) is 4.79 Å². The second kappa shape index (κ2) is 9.23. The van der Waals surface area contributed by atoms with Crippen LogP contribution in [0.1, 0.15) is 51.8 Å². The molecule has 1 aliphatic rings. The standard InChI is InChI=1S/C26H30O5/c1-24(2,3)30-23(27)26(17-12-18-28-19-20-13-8-6-9-14-20)22(29-25(4,5)31-26)21-15-10-7-11-16-21/h6-11,13-16,22H,18-19H2,1-5H3/t22-,26+/m1/s1. The first-order chi connectivity index (χ1) is 14.6. The second-order valence-corrected chi connectivity index (χ2v) is 8.93. The molecule has 0 unspecified atom stereocenters. The van der Waals surface area contributed by atoms with E-state index in [4.69, 9.17) is 18.9 Å². The van der Waals surface area contributed by atoms with Gasteiger partial charge in [-0.2, -0.15) is 0 Å². The highest BCUT2D eigenvalue weighted by molar-refractivity contribution is 5.86. The Morgan fingerprint density at radius 2 is 1.65 bits per heavy atom. The Hall–Kier alpha value is -2.65. The van der Waals surface area contributed by atoms with Gasteiger partial charge in [0, 0.05) is 0 Å². The molecule has 3 rings (SSSR count). The van der Waals surface area contributed by atoms with E-state index in [0.29, 0.717) is 6.61 Å². The number of esters is 1. The van der Waals surface area contributed by atoms with Crippen LogP contribution in [0, 0.1) is 11.8 Å². The number of ether oxygens (including phenoxy) is 4. The Bertz CT molecular complexity index is 935. The molecular weight excluding hydrogens is 392 g/mol. The number of hydrogen-bond donors (Lipinski definition) is 0. The SMILES string of the molecule is CC(C)(C)OC(=O)[C@@]1(C#CCOCc2ccccc2)OC(C)(C)O[C@@H]1c1ccccc1. The maximum absolute atomic E-state index is 13.4. The van der Waals surface area contributed by atoms with E-state index in [2.05, 4.69) is 11.8 Å². The molecule has 1 heterocycles. The Morgan fingerprint density at radius 3 is 2.26 bits per heavy atom. The summed E-state index contributed by atoms with van der Waals surface area (Å²) in [4.78, 5) is 13.4. The summed E-state index contributed by atoms with van der Waals surface area (Å²) in [7, 11) is 0. The molecule has 5 nitrogen and oxygen atoms in total. The van der Waals surface area contributed by atoms with Gasteiger partial charge in [0.15, 0.2) is 5.79 Å². The molecule has 2 atom stereocenters. The first-order valence-corrected chi connectivity index (χ1v) is 10.4. The molecular formula is C26H30O5. The lowest BCUT2D eigenvalue weighted by Crippen LogP contribution is -2.47. The minimum absolute atomic E-state index is 0.144. The van der Waals surface area contributed by atoms with Gasteiger partial charge in [0.2, 0.25) is 0 Å². The molecule has 1 saturated heterocycles. The zero-order valence-corrected chi connectivity index (χ0v) is 18.8. The van der Waals surface area contributed by atoms with Gasteiger partial charge < -0.3 is 18.9 Å². The minimum Gasteiger partial charge on any atom is -0.457 e. The van der Waals surface area contributed by atoms with Crippen molar-refractivity contribution in [3.8, 4) is 11.8 Å². The number of hydrogen-bond acceptors (Lipinski definition) is 5. The van der Waals surface area contributed by atoms with Crippen molar-refractivity contribution in [1.29, 1.82) is 0 Å². The molecule has 0 saturated carbocycles. The Labute approximate surface area is 184 Å². The van der Waals surface area contributed by atoms with Crippen molar-refractivity contribution in [2.45, 2.75) is 64.3 Å². The van der Waals surface area contributed by atoms with E-state index >= 15 is 0 Å². The van der Waals surface area contributed by atoms with E-state index in [1.165, 1.54) is 0 Å². The molecule has 0 amide bonds. The van der Waals surface area contributed by atoms with Crippen LogP contribution in [-0.2, 0) is 30.3 Å². The minimum atomic E-state index is -1.60. The van der Waals surface area contributed by atoms with Crippen LogP contribution in [-0.4, -0.2) is 29.6 Å². The second-order valence-electron chi connectivity index (χ2n) is 8.93. The first kappa shape index (κ1) is 23.0. The molecule has 0 radical (unpaired) electrons. The number of carbonyl (C=O) groups excluding carboxylic acids is 1. The van der Waals surface area contributed by atoms with Gasteiger partial charge in [0.05, 0.1) is 6.61 Å². The zero-order valence-electron chi connectivity index (χ0n) is 18.8. The zero-order chi connectivity index (χ0) is 22.5. The third kappa shape index (κ3) is 5.95. The lowest BCUT2D eigenvalue weighted by atomic mass is 9.91. The summed E-state index contributed by atoms with van der Waals surface area (Å²) in [5.41, 5.74) is -0.463. The molecule has 0 aliphatic carbocycles. The summed E-state index contributed by atoms with van der Waals surface area (Å²) in [5.74, 6) is 4.38. The number of benzene rings is 2. The summed E-state index contributed by atoms with van der Waals surface area (Å²) in [5, 5.41) is 0. The maximum atomic E-state index is 13.4. The van der Waals surface area contributed by atoms with Crippen molar-refractivity contribution in [2.24, 2.45) is 0 Å². The van der Waals surface area contributed by atoms with Gasteiger partial charge in [-0.3, -0.25) is 0 Å². The Kier molecular flexibility index (Phi) is 6.86. The molecule has 0 spiro atoms. The third-order valence-electron chi connectivity index (χ3n) is 4.54. The van der Waals surface area contributed by atoms with E-state index < -0.39 is 29.1 Å². The average Bonchev–Trinajstić information content (AvgIpc) is 3.00. The fraction of sp³-hybridized carbons (Fsp3) is 0.423. The van der Waals surface area contributed by atoms with Crippen LogP contribution in [0.2, 0.25) is 0 Å². The van der Waals surface area contributed by atoms with Gasteiger partial charge in [0.1, 0.15) is 18.3 Å². The summed E-state index contributed by atoms with van der Waals surface area (Å²) < 4.78 is 23.7. The summed E-state index contributed by atoms with van der Waals surface area (Å²) in [6.07, 6.45) is -0.736. The fourth-order valence-electron chi connectivity index (χ4n) is 3.37. The first-order valence-electron chi connectivity index (χ1n) is 10.4. The fourth-order valence-corrected chi connectivity index (χ4v) is 3.37. The molecule has 31 heavy (non-hydrogen) atoms. The molecule has 2 aromatic carbocycles. The summed E-state index contributed by atoms with van der Waals surface area (Å²) in [6, 6.07) is 19.3. The van der Waals surface area contributed by atoms with Crippen molar-refractivity contribution < 1.29 is 23.7 Å². The maximum Gasteiger partial charge on any atom is 0.355 e.